The number of hydrogen-bond donors (Lipinski definition) is 0. The van der Waals surface area contributed by atoms with Crippen molar-refractivity contribution < 1.29 is 9.53 Å². The zero-order chi connectivity index (χ0) is 6.69. The van der Waals surface area contributed by atoms with Gasteiger partial charge < -0.3 is 4.74 Å². The third kappa shape index (κ3) is 1.08. The van der Waals surface area contributed by atoms with E-state index in [1.54, 1.807) is 6.08 Å². The first kappa shape index (κ1) is 6.23. The summed E-state index contributed by atoms with van der Waals surface area (Å²) >= 11 is 0. The van der Waals surface area contributed by atoms with Crippen molar-refractivity contribution in [3.8, 4) is 0 Å². The molecule has 0 unspecified atom stereocenters. The van der Waals surface area contributed by atoms with Crippen LogP contribution in [0.1, 0.15) is 0 Å². The average Bonchev–Trinajstić information content (AvgIpc) is 2.33. The van der Waals surface area contributed by atoms with Crippen molar-refractivity contribution in [3.05, 3.63) is 23.8 Å². The molecule has 0 amide bonds. The first-order chi connectivity index (χ1) is 4.38. The highest BCUT2D eigenvalue weighted by Gasteiger charge is 2.10. The molecule has 0 aliphatic carbocycles. The lowest BCUT2D eigenvalue weighted by molar-refractivity contribution is -0.105. The van der Waals surface area contributed by atoms with E-state index >= 15 is 0 Å². The van der Waals surface area contributed by atoms with E-state index in [1.807, 2.05) is 0 Å². The molecule has 0 atom stereocenters. The van der Waals surface area contributed by atoms with Gasteiger partial charge in [0.15, 0.2) is 0 Å². The Balaban J connectivity index is 2.81. The van der Waals surface area contributed by atoms with Gasteiger partial charge in [0.05, 0.1) is 13.2 Å². The van der Waals surface area contributed by atoms with Gasteiger partial charge in [-0.05, 0) is 5.57 Å². The van der Waals surface area contributed by atoms with Crippen LogP contribution in [0.15, 0.2) is 23.8 Å². The van der Waals surface area contributed by atoms with Crippen LogP contribution in [0, 0.1) is 0 Å². The van der Waals surface area contributed by atoms with Crippen LogP contribution in [0.4, 0.5) is 0 Å². The molecule has 0 aromatic carbocycles. The number of rotatable bonds is 2. The molecule has 1 heterocycles. The molecule has 0 saturated heterocycles. The molecule has 0 N–H and O–H groups in total. The van der Waals surface area contributed by atoms with Crippen LogP contribution < -0.4 is 0 Å². The molecule has 0 radical (unpaired) electrons. The van der Waals surface area contributed by atoms with Gasteiger partial charge in [-0.2, -0.15) is 0 Å². The van der Waals surface area contributed by atoms with Crippen molar-refractivity contribution in [1.82, 2.24) is 0 Å². The van der Waals surface area contributed by atoms with E-state index in [0.717, 1.165) is 17.4 Å². The van der Waals surface area contributed by atoms with Gasteiger partial charge in [-0.15, -0.1) is 0 Å². The summed E-state index contributed by atoms with van der Waals surface area (Å²) in [6.07, 6.45) is 2.49. The zero-order valence-corrected chi connectivity index (χ0v) is 5.09. The number of aldehydes is 1. The lowest BCUT2D eigenvalue weighted by atomic mass is 10.2. The normalized spacial score (nSPS) is 18.2. The fraction of sp³-hybridized carbons (Fsp3) is 0.286. The van der Waals surface area contributed by atoms with Crippen LogP contribution >= 0.6 is 0 Å². The highest BCUT2D eigenvalue weighted by atomic mass is 16.5. The van der Waals surface area contributed by atoms with Gasteiger partial charge in [-0.25, -0.2) is 0 Å². The predicted octanol–water partition coefficient (Wildman–Crippen LogP) is 0.698. The van der Waals surface area contributed by atoms with E-state index in [1.165, 1.54) is 0 Å². The fourth-order valence-electron chi connectivity index (χ4n) is 0.756. The molecule has 9 heavy (non-hydrogen) atoms. The molecule has 0 aromatic rings. The highest BCUT2D eigenvalue weighted by Crippen LogP contribution is 2.11. The first-order valence-corrected chi connectivity index (χ1v) is 2.76. The highest BCUT2D eigenvalue weighted by molar-refractivity contribution is 5.76. The minimum Gasteiger partial charge on any atom is -0.372 e. The summed E-state index contributed by atoms with van der Waals surface area (Å²) in [5.74, 6) is 0. The maximum Gasteiger partial charge on any atom is 0.148 e. The quantitative estimate of drug-likeness (QED) is 0.506. The molecule has 0 aromatic heterocycles. The number of ether oxygens (including phenoxy) is 1. The smallest absolute Gasteiger partial charge is 0.148 e. The Morgan fingerprint density at radius 2 is 2.11 bits per heavy atom. The summed E-state index contributed by atoms with van der Waals surface area (Å²) < 4.78 is 4.97. The van der Waals surface area contributed by atoms with E-state index in [2.05, 4.69) is 6.58 Å². The van der Waals surface area contributed by atoms with Gasteiger partial charge >= 0.3 is 0 Å². The first-order valence-electron chi connectivity index (χ1n) is 2.76. The summed E-state index contributed by atoms with van der Waals surface area (Å²) in [6.45, 7) is 4.53. The Morgan fingerprint density at radius 1 is 1.44 bits per heavy atom. The van der Waals surface area contributed by atoms with E-state index in [0.29, 0.717) is 13.2 Å². The second-order valence-corrected chi connectivity index (χ2v) is 1.87. The summed E-state index contributed by atoms with van der Waals surface area (Å²) in [4.78, 5) is 10.2. The van der Waals surface area contributed by atoms with Gasteiger partial charge in [0.25, 0.3) is 0 Å². The monoisotopic (exact) mass is 124 g/mol. The third-order valence-electron chi connectivity index (χ3n) is 1.32. The molecular weight excluding hydrogens is 116 g/mol. The maximum absolute atomic E-state index is 10.2. The van der Waals surface area contributed by atoms with Crippen LogP contribution in [0.5, 0.6) is 0 Å². The average molecular weight is 124 g/mol. The van der Waals surface area contributed by atoms with Crippen molar-refractivity contribution in [3.63, 3.8) is 0 Å². The number of carbonyl (C=O) groups is 1. The van der Waals surface area contributed by atoms with Crippen LogP contribution in [0.25, 0.3) is 0 Å². The molecule has 0 spiro atoms. The third-order valence-corrected chi connectivity index (χ3v) is 1.32. The summed E-state index contributed by atoms with van der Waals surface area (Å²) in [6, 6.07) is 0. The van der Waals surface area contributed by atoms with Crippen molar-refractivity contribution in [2.45, 2.75) is 0 Å². The largest absolute Gasteiger partial charge is 0.372 e. The van der Waals surface area contributed by atoms with Gasteiger partial charge in [-0.1, -0.05) is 12.7 Å². The Hall–Kier alpha value is -0.890. The van der Waals surface area contributed by atoms with Gasteiger partial charge in [0.2, 0.25) is 0 Å². The molecule has 1 rings (SSSR count). The van der Waals surface area contributed by atoms with Gasteiger partial charge in [0.1, 0.15) is 6.29 Å². The molecule has 48 valence electrons. The molecular formula is C7H8O2. The molecule has 1 aliphatic rings. The van der Waals surface area contributed by atoms with E-state index < -0.39 is 0 Å². The van der Waals surface area contributed by atoms with Crippen molar-refractivity contribution in [2.75, 3.05) is 13.2 Å². The standard InChI is InChI=1S/C7H8O2/c1-2-6-4-9-5-7(6)3-8/h2-3H,1,4-5H2. The Bertz CT molecular complexity index is 150. The van der Waals surface area contributed by atoms with Gasteiger partial charge in [0, 0.05) is 5.57 Å². The fourth-order valence-corrected chi connectivity index (χ4v) is 0.756. The second-order valence-electron chi connectivity index (χ2n) is 1.87. The summed E-state index contributed by atoms with van der Waals surface area (Å²) in [7, 11) is 0. The second kappa shape index (κ2) is 2.60. The minimum atomic E-state index is 0.449. The lowest BCUT2D eigenvalue weighted by Crippen LogP contribution is -1.87. The molecule has 2 heteroatoms. The van der Waals surface area contributed by atoms with Crippen molar-refractivity contribution in [1.29, 1.82) is 0 Å². The van der Waals surface area contributed by atoms with Crippen molar-refractivity contribution in [2.24, 2.45) is 0 Å². The lowest BCUT2D eigenvalue weighted by Gasteiger charge is -1.86. The number of carbonyl (C=O) groups excluding carboxylic acids is 1. The van der Waals surface area contributed by atoms with E-state index in [-0.39, 0.29) is 0 Å². The minimum absolute atomic E-state index is 0.449. The Morgan fingerprint density at radius 3 is 2.56 bits per heavy atom. The molecule has 0 saturated carbocycles. The van der Waals surface area contributed by atoms with Crippen LogP contribution in [0.3, 0.4) is 0 Å². The zero-order valence-electron chi connectivity index (χ0n) is 5.09. The Kier molecular flexibility index (Phi) is 1.80. The van der Waals surface area contributed by atoms with Crippen LogP contribution in [-0.2, 0) is 9.53 Å². The van der Waals surface area contributed by atoms with E-state index in [9.17, 15) is 4.79 Å². The van der Waals surface area contributed by atoms with Crippen LogP contribution in [0.2, 0.25) is 0 Å². The molecule has 2 nitrogen and oxygen atoms in total. The molecule has 0 bridgehead atoms. The predicted molar refractivity (Wildman–Crippen MR) is 34.1 cm³/mol. The summed E-state index contributed by atoms with van der Waals surface area (Å²) in [5.41, 5.74) is 1.65. The van der Waals surface area contributed by atoms with E-state index in [4.69, 9.17) is 4.74 Å². The Labute approximate surface area is 53.8 Å². The summed E-state index contributed by atoms with van der Waals surface area (Å²) in [5, 5.41) is 0. The topological polar surface area (TPSA) is 26.3 Å². The SMILES string of the molecule is C=CC1=C(C=O)COC1. The van der Waals surface area contributed by atoms with Crippen molar-refractivity contribution >= 4 is 6.29 Å². The van der Waals surface area contributed by atoms with Crippen LogP contribution in [-0.4, -0.2) is 19.5 Å². The van der Waals surface area contributed by atoms with Gasteiger partial charge in [-0.3, -0.25) is 4.79 Å². The molecule has 0 fully saturated rings. The molecule has 1 aliphatic heterocycles. The number of hydrogen-bond acceptors (Lipinski definition) is 2. The maximum atomic E-state index is 10.2.